The molecule has 0 aromatic carbocycles. The van der Waals surface area contributed by atoms with E-state index in [1.54, 1.807) is 6.92 Å². The van der Waals surface area contributed by atoms with Crippen LogP contribution in [0.1, 0.15) is 84.5 Å². The predicted octanol–water partition coefficient (Wildman–Crippen LogP) is 4.79. The maximum absolute atomic E-state index is 11.2. The molecular formula is C20H38O4. The summed E-state index contributed by atoms with van der Waals surface area (Å²) < 4.78 is 10.3. The van der Waals surface area contributed by atoms with Crippen molar-refractivity contribution < 1.29 is 19.4 Å². The van der Waals surface area contributed by atoms with Crippen LogP contribution in [0.15, 0.2) is 12.2 Å². The molecule has 1 N–H and O–H groups in total. The van der Waals surface area contributed by atoms with Gasteiger partial charge in [0.1, 0.15) is 12.7 Å². The van der Waals surface area contributed by atoms with Gasteiger partial charge in [0.2, 0.25) is 0 Å². The zero-order chi connectivity index (χ0) is 18.0. The topological polar surface area (TPSA) is 55.8 Å². The zero-order valence-corrected chi connectivity index (χ0v) is 15.9. The number of ether oxygens (including phenoxy) is 2. The van der Waals surface area contributed by atoms with Crippen LogP contribution in [0.25, 0.3) is 0 Å². The van der Waals surface area contributed by atoms with Crippen LogP contribution in [0.3, 0.4) is 0 Å². The van der Waals surface area contributed by atoms with Gasteiger partial charge in [-0.15, -0.1) is 0 Å². The number of esters is 1. The van der Waals surface area contributed by atoms with Gasteiger partial charge in [-0.3, -0.25) is 0 Å². The first-order chi connectivity index (χ1) is 11.6. The van der Waals surface area contributed by atoms with E-state index in [0.717, 1.165) is 6.42 Å². The maximum Gasteiger partial charge on any atom is 0.333 e. The fraction of sp³-hybridized carbons (Fsp3) is 0.850. The Hall–Kier alpha value is -0.870. The number of hydrogen-bond acceptors (Lipinski definition) is 4. The molecule has 0 radical (unpaired) electrons. The van der Waals surface area contributed by atoms with Gasteiger partial charge in [0, 0.05) is 12.2 Å². The fourth-order valence-corrected chi connectivity index (χ4v) is 2.43. The Morgan fingerprint density at radius 2 is 1.42 bits per heavy atom. The third-order valence-electron chi connectivity index (χ3n) is 3.96. The van der Waals surface area contributed by atoms with E-state index in [9.17, 15) is 9.90 Å². The van der Waals surface area contributed by atoms with Crippen molar-refractivity contribution in [1.82, 2.24) is 0 Å². The van der Waals surface area contributed by atoms with Gasteiger partial charge in [-0.25, -0.2) is 4.79 Å². The monoisotopic (exact) mass is 342 g/mol. The highest BCUT2D eigenvalue weighted by Gasteiger charge is 2.09. The second-order valence-corrected chi connectivity index (χ2v) is 6.64. The van der Waals surface area contributed by atoms with E-state index >= 15 is 0 Å². The molecule has 24 heavy (non-hydrogen) atoms. The molecule has 1 atom stereocenters. The number of rotatable bonds is 17. The number of aliphatic hydroxyl groups is 1. The molecule has 0 spiro atoms. The summed E-state index contributed by atoms with van der Waals surface area (Å²) in [7, 11) is 0. The molecule has 0 aliphatic heterocycles. The van der Waals surface area contributed by atoms with E-state index in [0.29, 0.717) is 12.2 Å². The van der Waals surface area contributed by atoms with Gasteiger partial charge in [0.25, 0.3) is 0 Å². The molecule has 1 unspecified atom stereocenters. The van der Waals surface area contributed by atoms with Crippen molar-refractivity contribution in [3.05, 3.63) is 12.2 Å². The largest absolute Gasteiger partial charge is 0.460 e. The van der Waals surface area contributed by atoms with Crippen LogP contribution in [0.4, 0.5) is 0 Å². The van der Waals surface area contributed by atoms with Crippen molar-refractivity contribution >= 4 is 5.97 Å². The highest BCUT2D eigenvalue weighted by molar-refractivity contribution is 5.86. The van der Waals surface area contributed by atoms with Crippen molar-refractivity contribution in [2.45, 2.75) is 90.6 Å². The molecule has 0 aromatic rings. The number of carbonyl (C=O) groups excluding carboxylic acids is 1. The second kappa shape index (κ2) is 17.0. The summed E-state index contributed by atoms with van der Waals surface area (Å²) >= 11 is 0. The van der Waals surface area contributed by atoms with Crippen LogP contribution in [0, 0.1) is 0 Å². The number of hydrogen-bond donors (Lipinski definition) is 1. The van der Waals surface area contributed by atoms with E-state index in [-0.39, 0.29) is 13.2 Å². The van der Waals surface area contributed by atoms with E-state index < -0.39 is 12.1 Å². The molecular weight excluding hydrogens is 304 g/mol. The van der Waals surface area contributed by atoms with Gasteiger partial charge >= 0.3 is 5.97 Å². The smallest absolute Gasteiger partial charge is 0.333 e. The summed E-state index contributed by atoms with van der Waals surface area (Å²) in [5.41, 5.74) is 0.337. The van der Waals surface area contributed by atoms with Gasteiger partial charge < -0.3 is 14.6 Å². The summed E-state index contributed by atoms with van der Waals surface area (Å²) in [6, 6.07) is 0. The van der Waals surface area contributed by atoms with Crippen LogP contribution >= 0.6 is 0 Å². The lowest BCUT2D eigenvalue weighted by molar-refractivity contribution is -0.143. The summed E-state index contributed by atoms with van der Waals surface area (Å²) in [5, 5.41) is 9.63. The Morgan fingerprint density at radius 3 is 1.92 bits per heavy atom. The molecule has 0 amide bonds. The lowest BCUT2D eigenvalue weighted by Gasteiger charge is -2.11. The minimum atomic E-state index is -0.763. The van der Waals surface area contributed by atoms with Crippen molar-refractivity contribution in [3.8, 4) is 0 Å². The van der Waals surface area contributed by atoms with Gasteiger partial charge in [0.05, 0.1) is 6.61 Å². The molecule has 0 saturated heterocycles. The predicted molar refractivity (Wildman–Crippen MR) is 99.1 cm³/mol. The summed E-state index contributed by atoms with van der Waals surface area (Å²) in [6.07, 6.45) is 13.6. The third-order valence-corrected chi connectivity index (χ3v) is 3.96. The van der Waals surface area contributed by atoms with Crippen LogP contribution in [-0.4, -0.2) is 37.0 Å². The molecule has 0 aliphatic rings. The maximum atomic E-state index is 11.2. The number of unbranched alkanes of at least 4 members (excludes halogenated alkanes) is 10. The van der Waals surface area contributed by atoms with Crippen molar-refractivity contribution in [2.24, 2.45) is 0 Å². The molecule has 0 aromatic heterocycles. The molecule has 0 saturated carbocycles. The number of carbonyl (C=O) groups is 1. The van der Waals surface area contributed by atoms with Gasteiger partial charge in [-0.2, -0.15) is 0 Å². The minimum Gasteiger partial charge on any atom is -0.460 e. The van der Waals surface area contributed by atoms with Gasteiger partial charge in [-0.05, 0) is 13.3 Å². The Morgan fingerprint density at radius 1 is 0.917 bits per heavy atom. The molecule has 0 heterocycles. The van der Waals surface area contributed by atoms with Crippen LogP contribution in [-0.2, 0) is 14.3 Å². The first-order valence-electron chi connectivity index (χ1n) is 9.66. The van der Waals surface area contributed by atoms with E-state index in [4.69, 9.17) is 9.47 Å². The Balaban J connectivity index is 3.22. The lowest BCUT2D eigenvalue weighted by Crippen LogP contribution is -2.24. The minimum absolute atomic E-state index is 0.0377. The standard InChI is InChI=1S/C20H38O4/c1-4-5-6-7-8-9-10-11-12-13-14-15-23-16-19(21)17-24-20(22)18(2)3/h19,21H,2,4-17H2,1,3H3. The highest BCUT2D eigenvalue weighted by Crippen LogP contribution is 2.11. The molecule has 0 rings (SSSR count). The number of aliphatic hydroxyl groups excluding tert-OH is 1. The molecule has 0 bridgehead atoms. The molecule has 4 heteroatoms. The molecule has 0 fully saturated rings. The van der Waals surface area contributed by atoms with Crippen molar-refractivity contribution in [1.29, 1.82) is 0 Å². The Labute approximate surface area is 148 Å². The van der Waals surface area contributed by atoms with Crippen LogP contribution in [0.5, 0.6) is 0 Å². The summed E-state index contributed by atoms with van der Waals surface area (Å²) in [4.78, 5) is 11.2. The SMILES string of the molecule is C=C(C)C(=O)OCC(O)COCCCCCCCCCCCCC. The van der Waals surface area contributed by atoms with E-state index in [1.165, 1.54) is 64.2 Å². The normalized spacial score (nSPS) is 12.1. The summed E-state index contributed by atoms with van der Waals surface area (Å²) in [6.45, 7) is 8.15. The van der Waals surface area contributed by atoms with E-state index in [2.05, 4.69) is 13.5 Å². The Kier molecular flexibility index (Phi) is 16.4. The average Bonchev–Trinajstić information content (AvgIpc) is 2.56. The molecule has 4 nitrogen and oxygen atoms in total. The van der Waals surface area contributed by atoms with Crippen LogP contribution in [0.2, 0.25) is 0 Å². The highest BCUT2D eigenvalue weighted by atomic mass is 16.5. The molecule has 142 valence electrons. The quantitative estimate of drug-likeness (QED) is 0.234. The average molecular weight is 343 g/mol. The Bertz CT molecular complexity index is 315. The summed E-state index contributed by atoms with van der Waals surface area (Å²) in [5.74, 6) is -0.473. The first-order valence-corrected chi connectivity index (χ1v) is 9.66. The zero-order valence-electron chi connectivity index (χ0n) is 15.9. The van der Waals surface area contributed by atoms with Gasteiger partial charge in [-0.1, -0.05) is 77.7 Å². The van der Waals surface area contributed by atoms with Gasteiger partial charge in [0.15, 0.2) is 0 Å². The van der Waals surface area contributed by atoms with Crippen molar-refractivity contribution in [2.75, 3.05) is 19.8 Å². The first kappa shape index (κ1) is 23.1. The second-order valence-electron chi connectivity index (χ2n) is 6.64. The lowest BCUT2D eigenvalue weighted by atomic mass is 10.1. The third kappa shape index (κ3) is 16.0. The van der Waals surface area contributed by atoms with E-state index in [1.807, 2.05) is 0 Å². The fourth-order valence-electron chi connectivity index (χ4n) is 2.43. The van der Waals surface area contributed by atoms with Crippen LogP contribution < -0.4 is 0 Å². The molecule has 0 aliphatic carbocycles. The van der Waals surface area contributed by atoms with Crippen molar-refractivity contribution in [3.63, 3.8) is 0 Å².